The lowest BCUT2D eigenvalue weighted by Gasteiger charge is -2.29. The first kappa shape index (κ1) is 15.9. The summed E-state index contributed by atoms with van der Waals surface area (Å²) in [6, 6.07) is 3.16. The van der Waals surface area contributed by atoms with E-state index in [1.807, 2.05) is 0 Å². The van der Waals surface area contributed by atoms with Crippen molar-refractivity contribution in [2.45, 2.75) is 19.8 Å². The van der Waals surface area contributed by atoms with Crippen LogP contribution in [-0.4, -0.2) is 28.9 Å². The van der Waals surface area contributed by atoms with Gasteiger partial charge in [-0.05, 0) is 30.9 Å². The van der Waals surface area contributed by atoms with Crippen molar-refractivity contribution in [3.63, 3.8) is 0 Å². The third-order valence-electron chi connectivity index (χ3n) is 3.96. The zero-order valence-corrected chi connectivity index (χ0v) is 13.5. The third kappa shape index (κ3) is 3.67. The molecule has 1 saturated heterocycles. The predicted octanol–water partition coefficient (Wildman–Crippen LogP) is 4.04. The first-order valence-corrected chi connectivity index (χ1v) is 8.38. The Hall–Kier alpha value is -2.02. The highest BCUT2D eigenvalue weighted by Crippen LogP contribution is 2.25. The van der Waals surface area contributed by atoms with Crippen molar-refractivity contribution < 1.29 is 13.6 Å². The summed E-state index contributed by atoms with van der Waals surface area (Å²) in [7, 11) is 0. The third-order valence-corrected chi connectivity index (χ3v) is 4.72. The van der Waals surface area contributed by atoms with Crippen LogP contribution in [-0.2, 0) is 0 Å². The van der Waals surface area contributed by atoms with E-state index in [-0.39, 0.29) is 11.6 Å². The molecule has 0 spiro atoms. The van der Waals surface area contributed by atoms with Gasteiger partial charge < -0.3 is 10.2 Å². The summed E-state index contributed by atoms with van der Waals surface area (Å²) in [6.07, 6.45) is 1.99. The summed E-state index contributed by atoms with van der Waals surface area (Å²) in [5.41, 5.74) is 0.342. The van der Waals surface area contributed by atoms with Gasteiger partial charge in [0, 0.05) is 24.5 Å². The van der Waals surface area contributed by atoms with Crippen LogP contribution in [0.25, 0.3) is 0 Å². The average molecular weight is 337 g/mol. The smallest absolute Gasteiger partial charge is 0.273 e. The van der Waals surface area contributed by atoms with E-state index >= 15 is 0 Å². The zero-order valence-electron chi connectivity index (χ0n) is 12.7. The van der Waals surface area contributed by atoms with Gasteiger partial charge in [-0.3, -0.25) is 4.79 Å². The molecule has 1 amide bonds. The van der Waals surface area contributed by atoms with Crippen LogP contribution in [0.15, 0.2) is 23.6 Å². The molecule has 1 N–H and O–H groups in total. The normalized spacial score (nSPS) is 15.7. The molecule has 1 aromatic heterocycles. The summed E-state index contributed by atoms with van der Waals surface area (Å²) < 4.78 is 26.8. The number of benzene rings is 1. The number of carbonyl (C=O) groups excluding carboxylic acids is 1. The molecule has 0 aliphatic carbocycles. The van der Waals surface area contributed by atoms with Crippen LogP contribution in [0.1, 0.15) is 30.3 Å². The maximum atomic E-state index is 13.6. The minimum Gasteiger partial charge on any atom is -0.337 e. The highest BCUT2D eigenvalue weighted by molar-refractivity contribution is 7.14. The topological polar surface area (TPSA) is 45.2 Å². The van der Waals surface area contributed by atoms with Gasteiger partial charge in [0.1, 0.15) is 17.3 Å². The molecular formula is C16H17F2N3OS. The van der Waals surface area contributed by atoms with Gasteiger partial charge in [-0.1, -0.05) is 6.92 Å². The van der Waals surface area contributed by atoms with Crippen molar-refractivity contribution in [3.8, 4) is 0 Å². The van der Waals surface area contributed by atoms with Gasteiger partial charge in [-0.2, -0.15) is 0 Å². The highest BCUT2D eigenvalue weighted by Gasteiger charge is 2.23. The molecule has 1 aliphatic rings. The molecule has 1 aromatic carbocycles. The van der Waals surface area contributed by atoms with Gasteiger partial charge in [0.05, 0.1) is 5.69 Å². The van der Waals surface area contributed by atoms with Crippen LogP contribution < -0.4 is 5.32 Å². The molecule has 2 aromatic rings. The van der Waals surface area contributed by atoms with Crippen LogP contribution in [0.3, 0.4) is 0 Å². The van der Waals surface area contributed by atoms with Crippen molar-refractivity contribution in [2.75, 3.05) is 18.4 Å². The van der Waals surface area contributed by atoms with Crippen LogP contribution >= 0.6 is 11.3 Å². The number of hydrogen-bond donors (Lipinski definition) is 1. The lowest BCUT2D eigenvalue weighted by Crippen LogP contribution is -2.38. The molecular weight excluding hydrogens is 320 g/mol. The average Bonchev–Trinajstić information content (AvgIpc) is 2.99. The van der Waals surface area contributed by atoms with Crippen molar-refractivity contribution in [2.24, 2.45) is 5.92 Å². The van der Waals surface area contributed by atoms with Gasteiger partial charge in [-0.25, -0.2) is 13.8 Å². The summed E-state index contributed by atoms with van der Waals surface area (Å²) in [5, 5.41) is 4.72. The lowest BCUT2D eigenvalue weighted by molar-refractivity contribution is 0.0692. The number of hydrogen-bond acceptors (Lipinski definition) is 4. The van der Waals surface area contributed by atoms with Crippen LogP contribution in [0, 0.1) is 17.6 Å². The molecule has 4 nitrogen and oxygen atoms in total. The minimum atomic E-state index is -0.570. The zero-order chi connectivity index (χ0) is 16.4. The fraction of sp³-hybridized carbons (Fsp3) is 0.375. The molecule has 0 radical (unpaired) electrons. The summed E-state index contributed by atoms with van der Waals surface area (Å²) in [5.74, 6) is -0.577. The number of piperidine rings is 1. The first-order valence-electron chi connectivity index (χ1n) is 7.50. The standard InChI is InChI=1S/C16H17F2N3OS/c1-10-4-6-21(7-5-10)15(22)14-9-23-16(20-14)19-13-8-11(17)2-3-12(13)18/h2-3,8-10H,4-7H2,1H3,(H,19,20). The fourth-order valence-electron chi connectivity index (χ4n) is 2.51. The Balaban J connectivity index is 1.70. The molecule has 122 valence electrons. The summed E-state index contributed by atoms with van der Waals surface area (Å²) >= 11 is 1.19. The Morgan fingerprint density at radius 1 is 1.35 bits per heavy atom. The van der Waals surface area contributed by atoms with Crippen molar-refractivity contribution >= 4 is 28.1 Å². The SMILES string of the molecule is CC1CCN(C(=O)c2csc(Nc3cc(F)ccc3F)n2)CC1. The maximum absolute atomic E-state index is 13.6. The van der Waals surface area contributed by atoms with E-state index in [0.717, 1.165) is 44.1 Å². The molecule has 0 unspecified atom stereocenters. The van der Waals surface area contributed by atoms with Gasteiger partial charge in [0.2, 0.25) is 0 Å². The van der Waals surface area contributed by atoms with E-state index in [1.165, 1.54) is 11.3 Å². The van der Waals surface area contributed by atoms with E-state index < -0.39 is 11.6 Å². The van der Waals surface area contributed by atoms with E-state index in [1.54, 1.807) is 10.3 Å². The molecule has 3 rings (SSSR count). The Bertz CT molecular complexity index is 711. The maximum Gasteiger partial charge on any atom is 0.273 e. The second kappa shape index (κ2) is 6.62. The monoisotopic (exact) mass is 337 g/mol. The predicted molar refractivity (Wildman–Crippen MR) is 86.1 cm³/mol. The van der Waals surface area contributed by atoms with E-state index in [9.17, 15) is 13.6 Å². The van der Waals surface area contributed by atoms with E-state index in [4.69, 9.17) is 0 Å². The molecule has 0 saturated carbocycles. The molecule has 1 fully saturated rings. The molecule has 0 bridgehead atoms. The highest BCUT2D eigenvalue weighted by atomic mass is 32.1. The van der Waals surface area contributed by atoms with Crippen molar-refractivity contribution in [1.82, 2.24) is 9.88 Å². The van der Waals surface area contributed by atoms with Gasteiger partial charge in [-0.15, -0.1) is 11.3 Å². The molecule has 7 heteroatoms. The minimum absolute atomic E-state index is 0.00477. The molecule has 23 heavy (non-hydrogen) atoms. The number of rotatable bonds is 3. The largest absolute Gasteiger partial charge is 0.337 e. The second-order valence-electron chi connectivity index (χ2n) is 5.76. The Kier molecular flexibility index (Phi) is 4.56. The number of nitrogens with one attached hydrogen (secondary N) is 1. The van der Waals surface area contributed by atoms with Gasteiger partial charge >= 0.3 is 0 Å². The van der Waals surface area contributed by atoms with Crippen molar-refractivity contribution in [3.05, 3.63) is 40.9 Å². The van der Waals surface area contributed by atoms with Crippen LogP contribution in [0.5, 0.6) is 0 Å². The fourth-order valence-corrected chi connectivity index (χ4v) is 3.21. The quantitative estimate of drug-likeness (QED) is 0.919. The lowest BCUT2D eigenvalue weighted by atomic mass is 9.99. The number of thiazole rings is 1. The molecule has 2 heterocycles. The Morgan fingerprint density at radius 2 is 2.09 bits per heavy atom. The van der Waals surface area contributed by atoms with E-state index in [0.29, 0.717) is 16.7 Å². The molecule has 1 aliphatic heterocycles. The summed E-state index contributed by atoms with van der Waals surface area (Å²) in [4.78, 5) is 18.4. The Morgan fingerprint density at radius 3 is 2.83 bits per heavy atom. The van der Waals surface area contributed by atoms with E-state index in [2.05, 4.69) is 17.2 Å². The van der Waals surface area contributed by atoms with Gasteiger partial charge in [0.15, 0.2) is 5.13 Å². The number of halogens is 2. The molecule has 0 atom stereocenters. The first-order chi connectivity index (χ1) is 11.0. The number of carbonyl (C=O) groups is 1. The number of anilines is 2. The van der Waals surface area contributed by atoms with Gasteiger partial charge in [0.25, 0.3) is 5.91 Å². The Labute approximate surface area is 137 Å². The number of likely N-dealkylation sites (tertiary alicyclic amines) is 1. The number of amides is 1. The van der Waals surface area contributed by atoms with Crippen LogP contribution in [0.2, 0.25) is 0 Å². The second-order valence-corrected chi connectivity index (χ2v) is 6.62. The summed E-state index contributed by atoms with van der Waals surface area (Å²) in [6.45, 7) is 3.65. The number of nitrogens with zero attached hydrogens (tertiary/aromatic N) is 2. The van der Waals surface area contributed by atoms with Crippen molar-refractivity contribution in [1.29, 1.82) is 0 Å². The number of aromatic nitrogens is 1. The van der Waals surface area contributed by atoms with Crippen LogP contribution in [0.4, 0.5) is 19.6 Å².